The Morgan fingerprint density at radius 3 is 2.44 bits per heavy atom. The standard InChI is InChI=1S/C29H30FN3O3/c1-29(25-13-7-9-21-8-5-6-12-24(21)25)27(35)33(28(36)31-29)19-26(34)32(23-10-3-2-4-11-23)18-20-14-16-22(30)17-15-20/h5-9,12-17,23H,2-4,10-11,18-19H2,1H3,(H,31,36)/t29-/m1/s1. The van der Waals surface area contributed by atoms with E-state index >= 15 is 0 Å². The predicted molar refractivity (Wildman–Crippen MR) is 135 cm³/mol. The van der Waals surface area contributed by atoms with Gasteiger partial charge in [-0.25, -0.2) is 9.18 Å². The third-order valence-electron chi connectivity index (χ3n) is 7.50. The number of benzene rings is 3. The zero-order valence-corrected chi connectivity index (χ0v) is 20.4. The Kier molecular flexibility index (Phi) is 6.48. The van der Waals surface area contributed by atoms with E-state index in [0.717, 1.165) is 53.3 Å². The fourth-order valence-electron chi connectivity index (χ4n) is 5.51. The van der Waals surface area contributed by atoms with Crippen LogP contribution >= 0.6 is 0 Å². The molecule has 2 aliphatic rings. The van der Waals surface area contributed by atoms with Crippen molar-refractivity contribution in [3.8, 4) is 0 Å². The zero-order valence-electron chi connectivity index (χ0n) is 20.4. The summed E-state index contributed by atoms with van der Waals surface area (Å²) in [7, 11) is 0. The van der Waals surface area contributed by atoms with Gasteiger partial charge in [-0.05, 0) is 53.8 Å². The van der Waals surface area contributed by atoms with E-state index in [4.69, 9.17) is 0 Å². The van der Waals surface area contributed by atoms with E-state index in [1.54, 1.807) is 24.0 Å². The topological polar surface area (TPSA) is 69.7 Å². The maximum atomic E-state index is 13.6. The minimum atomic E-state index is -1.27. The number of fused-ring (bicyclic) bond motifs is 1. The lowest BCUT2D eigenvalue weighted by molar-refractivity contribution is -0.141. The monoisotopic (exact) mass is 487 g/mol. The lowest BCUT2D eigenvalue weighted by Crippen LogP contribution is -2.48. The lowest BCUT2D eigenvalue weighted by atomic mass is 9.88. The average molecular weight is 488 g/mol. The van der Waals surface area contributed by atoms with E-state index in [1.165, 1.54) is 12.1 Å². The molecule has 3 aromatic carbocycles. The summed E-state index contributed by atoms with van der Waals surface area (Å²) in [5.74, 6) is -1.05. The molecule has 0 unspecified atom stereocenters. The maximum Gasteiger partial charge on any atom is 0.325 e. The van der Waals surface area contributed by atoms with E-state index in [-0.39, 0.29) is 24.3 Å². The van der Waals surface area contributed by atoms with Crippen molar-refractivity contribution in [1.29, 1.82) is 0 Å². The molecule has 5 rings (SSSR count). The number of hydrogen-bond donors (Lipinski definition) is 1. The van der Waals surface area contributed by atoms with Crippen molar-refractivity contribution in [2.75, 3.05) is 6.54 Å². The van der Waals surface area contributed by atoms with Crippen molar-refractivity contribution >= 4 is 28.6 Å². The van der Waals surface area contributed by atoms with E-state index in [9.17, 15) is 18.8 Å². The van der Waals surface area contributed by atoms with Gasteiger partial charge in [0.25, 0.3) is 5.91 Å². The number of hydrogen-bond acceptors (Lipinski definition) is 3. The third-order valence-corrected chi connectivity index (χ3v) is 7.50. The number of halogens is 1. The molecule has 0 spiro atoms. The molecular weight excluding hydrogens is 457 g/mol. The van der Waals surface area contributed by atoms with E-state index < -0.39 is 17.5 Å². The van der Waals surface area contributed by atoms with Crippen LogP contribution in [0.1, 0.15) is 50.2 Å². The van der Waals surface area contributed by atoms with Crippen LogP contribution in [-0.4, -0.2) is 40.2 Å². The molecule has 6 nitrogen and oxygen atoms in total. The maximum absolute atomic E-state index is 13.6. The first-order valence-corrected chi connectivity index (χ1v) is 12.5. The molecule has 1 saturated carbocycles. The van der Waals surface area contributed by atoms with Crippen LogP contribution in [0.5, 0.6) is 0 Å². The van der Waals surface area contributed by atoms with Gasteiger partial charge in [0, 0.05) is 12.6 Å². The Bertz CT molecular complexity index is 1300. The number of nitrogens with one attached hydrogen (secondary N) is 1. The van der Waals surface area contributed by atoms with Gasteiger partial charge in [-0.3, -0.25) is 14.5 Å². The van der Waals surface area contributed by atoms with Gasteiger partial charge in [0.05, 0.1) is 0 Å². The molecule has 1 heterocycles. The van der Waals surface area contributed by atoms with Gasteiger partial charge < -0.3 is 10.2 Å². The van der Waals surface area contributed by atoms with Crippen LogP contribution in [-0.2, 0) is 21.7 Å². The van der Waals surface area contributed by atoms with Crippen LogP contribution in [0.2, 0.25) is 0 Å². The molecule has 3 aromatic rings. The highest BCUT2D eigenvalue weighted by Gasteiger charge is 2.50. The summed E-state index contributed by atoms with van der Waals surface area (Å²) in [4.78, 5) is 43.1. The summed E-state index contributed by atoms with van der Waals surface area (Å²) in [6.07, 6.45) is 4.94. The van der Waals surface area contributed by atoms with Gasteiger partial charge in [0.1, 0.15) is 17.9 Å². The van der Waals surface area contributed by atoms with Crippen LogP contribution in [0.25, 0.3) is 10.8 Å². The van der Waals surface area contributed by atoms with Crippen molar-refractivity contribution in [2.24, 2.45) is 0 Å². The summed E-state index contributed by atoms with van der Waals surface area (Å²) in [5.41, 5.74) is 0.239. The summed E-state index contributed by atoms with van der Waals surface area (Å²) in [6.45, 7) is 1.67. The molecule has 1 atom stereocenters. The van der Waals surface area contributed by atoms with Gasteiger partial charge in [-0.1, -0.05) is 73.9 Å². The fourth-order valence-corrected chi connectivity index (χ4v) is 5.51. The Morgan fingerprint density at radius 1 is 1.00 bits per heavy atom. The first kappa shape index (κ1) is 24.0. The lowest BCUT2D eigenvalue weighted by Gasteiger charge is -2.35. The minimum absolute atomic E-state index is 0.0292. The first-order chi connectivity index (χ1) is 17.4. The second-order valence-electron chi connectivity index (χ2n) is 9.91. The minimum Gasteiger partial charge on any atom is -0.334 e. The molecule has 1 aliphatic heterocycles. The Morgan fingerprint density at radius 2 is 1.69 bits per heavy atom. The zero-order chi connectivity index (χ0) is 25.3. The van der Waals surface area contributed by atoms with Crippen molar-refractivity contribution in [1.82, 2.24) is 15.1 Å². The Hall–Kier alpha value is -3.74. The molecule has 4 amide bonds. The Balaban J connectivity index is 1.40. The summed E-state index contributed by atoms with van der Waals surface area (Å²) in [5, 5.41) is 4.69. The molecule has 0 radical (unpaired) electrons. The van der Waals surface area contributed by atoms with Crippen LogP contribution in [0.15, 0.2) is 66.7 Å². The van der Waals surface area contributed by atoms with E-state index in [1.807, 2.05) is 42.5 Å². The number of carbonyl (C=O) groups excluding carboxylic acids is 3. The number of amides is 4. The molecule has 0 bridgehead atoms. The van der Waals surface area contributed by atoms with E-state index in [2.05, 4.69) is 5.32 Å². The summed E-state index contributed by atoms with van der Waals surface area (Å²) >= 11 is 0. The quantitative estimate of drug-likeness (QED) is 0.492. The summed E-state index contributed by atoms with van der Waals surface area (Å²) < 4.78 is 13.4. The number of urea groups is 1. The van der Waals surface area contributed by atoms with Crippen LogP contribution in [0.4, 0.5) is 9.18 Å². The molecular formula is C29H30FN3O3. The molecule has 1 saturated heterocycles. The largest absolute Gasteiger partial charge is 0.334 e. The molecule has 1 aliphatic carbocycles. The normalized spacial score (nSPS) is 20.6. The highest BCUT2D eigenvalue weighted by atomic mass is 19.1. The number of rotatable bonds is 6. The number of imide groups is 1. The molecule has 186 valence electrons. The van der Waals surface area contributed by atoms with E-state index in [0.29, 0.717) is 12.1 Å². The van der Waals surface area contributed by atoms with Gasteiger partial charge in [0.15, 0.2) is 0 Å². The van der Waals surface area contributed by atoms with Crippen molar-refractivity contribution < 1.29 is 18.8 Å². The average Bonchev–Trinajstić information content (AvgIpc) is 3.12. The summed E-state index contributed by atoms with van der Waals surface area (Å²) in [6, 6.07) is 18.9. The van der Waals surface area contributed by atoms with Crippen LogP contribution in [0, 0.1) is 5.82 Å². The van der Waals surface area contributed by atoms with Crippen molar-refractivity contribution in [3.05, 3.63) is 83.7 Å². The van der Waals surface area contributed by atoms with Crippen LogP contribution < -0.4 is 5.32 Å². The molecule has 1 N–H and O–H groups in total. The number of nitrogens with zero attached hydrogens (tertiary/aromatic N) is 2. The molecule has 7 heteroatoms. The Labute approximate surface area is 210 Å². The molecule has 2 fully saturated rings. The molecule has 0 aromatic heterocycles. The highest BCUT2D eigenvalue weighted by molar-refractivity contribution is 6.10. The van der Waals surface area contributed by atoms with Crippen LogP contribution in [0.3, 0.4) is 0 Å². The third kappa shape index (κ3) is 4.45. The second-order valence-corrected chi connectivity index (χ2v) is 9.91. The van der Waals surface area contributed by atoms with Gasteiger partial charge in [-0.2, -0.15) is 0 Å². The van der Waals surface area contributed by atoms with Gasteiger partial charge in [-0.15, -0.1) is 0 Å². The molecule has 36 heavy (non-hydrogen) atoms. The van der Waals surface area contributed by atoms with Crippen molar-refractivity contribution in [2.45, 2.75) is 57.2 Å². The van der Waals surface area contributed by atoms with Gasteiger partial charge in [0.2, 0.25) is 5.91 Å². The smallest absolute Gasteiger partial charge is 0.325 e. The predicted octanol–water partition coefficient (Wildman–Crippen LogP) is 5.11. The number of carbonyl (C=O) groups is 3. The SMILES string of the molecule is C[C@]1(c2cccc3ccccc23)NC(=O)N(CC(=O)N(Cc2ccc(F)cc2)C2CCCCC2)C1=O. The fraction of sp³-hybridized carbons (Fsp3) is 0.345. The van der Waals surface area contributed by atoms with Gasteiger partial charge >= 0.3 is 6.03 Å². The first-order valence-electron chi connectivity index (χ1n) is 12.5. The highest BCUT2D eigenvalue weighted by Crippen LogP contribution is 2.34. The van der Waals surface area contributed by atoms with Crippen molar-refractivity contribution in [3.63, 3.8) is 0 Å². The second kappa shape index (κ2) is 9.72.